The van der Waals surface area contributed by atoms with Gasteiger partial charge in [-0.25, -0.2) is 14.4 Å². The van der Waals surface area contributed by atoms with Gasteiger partial charge in [0.1, 0.15) is 31.0 Å². The molecule has 13 heteroatoms. The Morgan fingerprint density at radius 2 is 1.86 bits per heavy atom. The molecule has 0 radical (unpaired) electrons. The lowest BCUT2D eigenvalue weighted by atomic mass is 9.99. The smallest absolute Gasteiger partial charge is 0.408 e. The summed E-state index contributed by atoms with van der Waals surface area (Å²) in [6, 6.07) is 8.41. The van der Waals surface area contributed by atoms with Crippen molar-refractivity contribution < 1.29 is 38.4 Å². The molecule has 2 aromatic rings. The third kappa shape index (κ3) is 5.33. The van der Waals surface area contributed by atoms with Gasteiger partial charge in [-0.2, -0.15) is 0 Å². The van der Waals surface area contributed by atoms with Crippen LogP contribution in [0.2, 0.25) is 0 Å². The van der Waals surface area contributed by atoms with Crippen LogP contribution in [0.4, 0.5) is 4.79 Å². The first-order valence-electron chi connectivity index (χ1n) is 11.2. The van der Waals surface area contributed by atoms with Crippen molar-refractivity contribution in [2.45, 2.75) is 62.9 Å². The zero-order chi connectivity index (χ0) is 26.0. The van der Waals surface area contributed by atoms with Crippen molar-refractivity contribution in [3.8, 4) is 0 Å². The van der Waals surface area contributed by atoms with Crippen LogP contribution in [0.25, 0.3) is 0 Å². The summed E-state index contributed by atoms with van der Waals surface area (Å²) in [5.41, 5.74) is -0.644. The van der Waals surface area contributed by atoms with Gasteiger partial charge in [-0.15, -0.1) is 0 Å². The molecule has 1 aromatic carbocycles. The number of aromatic nitrogens is 2. The van der Waals surface area contributed by atoms with Gasteiger partial charge in [-0.05, 0) is 19.4 Å². The number of nitrogens with zero attached hydrogens (tertiary/aromatic N) is 1. The molecule has 3 N–H and O–H groups in total. The number of esters is 1. The number of nitrogens with one attached hydrogen (secondary N) is 2. The molecule has 6 atom stereocenters. The van der Waals surface area contributed by atoms with E-state index in [-0.39, 0.29) is 6.61 Å². The largest absolute Gasteiger partial charge is 0.467 e. The number of ether oxygens (including phenoxy) is 5. The highest BCUT2D eigenvalue weighted by Gasteiger charge is 2.59. The summed E-state index contributed by atoms with van der Waals surface area (Å²) in [5, 5.41) is 13.5. The van der Waals surface area contributed by atoms with Crippen molar-refractivity contribution in [2.24, 2.45) is 0 Å². The molecule has 4 rings (SSSR count). The van der Waals surface area contributed by atoms with E-state index in [9.17, 15) is 24.3 Å². The van der Waals surface area contributed by atoms with Gasteiger partial charge in [-0.1, -0.05) is 30.3 Å². The number of H-pyrrole nitrogens is 1. The summed E-state index contributed by atoms with van der Waals surface area (Å²) in [4.78, 5) is 51.0. The summed E-state index contributed by atoms with van der Waals surface area (Å²) < 4.78 is 28.7. The fourth-order valence-corrected chi connectivity index (χ4v) is 4.23. The summed E-state index contributed by atoms with van der Waals surface area (Å²) in [6.07, 6.45) is -5.60. The topological polar surface area (TPSA) is 167 Å². The average Bonchev–Trinajstić information content (AvgIpc) is 3.34. The van der Waals surface area contributed by atoms with Gasteiger partial charge in [-0.3, -0.25) is 14.3 Å². The Hall–Kier alpha value is -3.52. The number of aliphatic hydroxyl groups is 1. The fraction of sp³-hybridized carbons (Fsp3) is 0.478. The third-order valence-electron chi connectivity index (χ3n) is 5.81. The predicted octanol–water partition coefficient (Wildman–Crippen LogP) is -0.217. The van der Waals surface area contributed by atoms with E-state index in [2.05, 4.69) is 10.3 Å². The van der Waals surface area contributed by atoms with Gasteiger partial charge in [0.15, 0.2) is 18.1 Å². The number of aromatic amines is 1. The number of rotatable bonds is 7. The summed E-state index contributed by atoms with van der Waals surface area (Å²) in [5.74, 6) is -2.06. The number of fused-ring (bicyclic) bond motifs is 1. The normalized spacial score (nSPS) is 26.0. The highest BCUT2D eigenvalue weighted by atomic mass is 16.8. The molecule has 1 amide bonds. The van der Waals surface area contributed by atoms with E-state index in [0.29, 0.717) is 0 Å². The molecule has 194 valence electrons. The van der Waals surface area contributed by atoms with Crippen molar-refractivity contribution in [3.05, 3.63) is 69.0 Å². The molecule has 1 unspecified atom stereocenters. The molecule has 0 saturated carbocycles. The van der Waals surface area contributed by atoms with Gasteiger partial charge in [0.25, 0.3) is 5.56 Å². The molecule has 2 aliphatic heterocycles. The monoisotopic (exact) mass is 505 g/mol. The lowest BCUT2D eigenvalue weighted by Crippen LogP contribution is -2.56. The lowest BCUT2D eigenvalue weighted by molar-refractivity contribution is -0.210. The average molecular weight is 505 g/mol. The predicted molar refractivity (Wildman–Crippen MR) is 121 cm³/mol. The summed E-state index contributed by atoms with van der Waals surface area (Å²) in [7, 11) is 1.10. The zero-order valence-corrected chi connectivity index (χ0v) is 19.8. The van der Waals surface area contributed by atoms with E-state index in [1.54, 1.807) is 38.1 Å². The van der Waals surface area contributed by atoms with Gasteiger partial charge >= 0.3 is 17.8 Å². The number of benzene rings is 1. The van der Waals surface area contributed by atoms with Gasteiger partial charge < -0.3 is 34.1 Å². The fourth-order valence-electron chi connectivity index (χ4n) is 4.23. The standard InChI is InChI=1S/C23H27N3O10/c1-23(2)35-17-16(34-19(18(17)36-23)26-10-9-13(27)24-21(26)30)15(28)14(20(29)32-3)25-22(31)33-11-12-7-5-4-6-8-12/h4-10,14-19,28H,11H2,1-3H3,(H,25,31)(H,24,27,30)/t14-,15?,16+,17+,18+,19+/m0/s1. The maximum atomic E-state index is 12.5. The van der Waals surface area contributed by atoms with Gasteiger partial charge in [0.2, 0.25) is 0 Å². The minimum absolute atomic E-state index is 0.0658. The molecular weight excluding hydrogens is 478 g/mol. The molecule has 0 bridgehead atoms. The van der Waals surface area contributed by atoms with E-state index >= 15 is 0 Å². The number of aliphatic hydroxyl groups excluding tert-OH is 1. The SMILES string of the molecule is COC(=O)[C@@H](NC(=O)OCc1ccccc1)C(O)[C@H]1O[C@@H](n2ccc(=O)[nH]c2=O)[C@@H]2OC(C)(C)O[C@@H]21. The molecule has 0 spiro atoms. The van der Waals surface area contributed by atoms with Crippen molar-refractivity contribution in [3.63, 3.8) is 0 Å². The highest BCUT2D eigenvalue weighted by molar-refractivity contribution is 5.82. The maximum Gasteiger partial charge on any atom is 0.408 e. The van der Waals surface area contributed by atoms with Crippen LogP contribution in [0.1, 0.15) is 25.6 Å². The van der Waals surface area contributed by atoms with Gasteiger partial charge in [0, 0.05) is 12.3 Å². The molecule has 1 aromatic heterocycles. The van der Waals surface area contributed by atoms with Crippen molar-refractivity contribution in [1.29, 1.82) is 0 Å². The first-order valence-corrected chi connectivity index (χ1v) is 11.2. The Labute approximate surface area is 204 Å². The molecule has 0 aliphatic carbocycles. The maximum absolute atomic E-state index is 12.5. The first kappa shape index (κ1) is 25.6. The van der Waals surface area contributed by atoms with Gasteiger partial charge in [0.05, 0.1) is 7.11 Å². The lowest BCUT2D eigenvalue weighted by Gasteiger charge is -2.30. The second kappa shape index (κ2) is 10.2. The Morgan fingerprint density at radius 1 is 1.17 bits per heavy atom. The molecule has 2 aliphatic rings. The number of amides is 1. The second-order valence-corrected chi connectivity index (χ2v) is 8.77. The van der Waals surface area contributed by atoms with Crippen LogP contribution in [0.15, 0.2) is 52.2 Å². The molecule has 13 nitrogen and oxygen atoms in total. The van der Waals surface area contributed by atoms with Crippen LogP contribution in [0.3, 0.4) is 0 Å². The number of carbonyl (C=O) groups is 2. The van der Waals surface area contributed by atoms with Crippen LogP contribution in [-0.2, 0) is 35.1 Å². The number of carbonyl (C=O) groups excluding carboxylic acids is 2. The molecule has 3 heterocycles. The van der Waals surface area contributed by atoms with Crippen LogP contribution in [-0.4, -0.2) is 70.1 Å². The van der Waals surface area contributed by atoms with E-state index in [1.807, 2.05) is 6.07 Å². The molecule has 2 fully saturated rings. The first-order chi connectivity index (χ1) is 17.1. The third-order valence-corrected chi connectivity index (χ3v) is 5.81. The number of hydrogen-bond donors (Lipinski definition) is 3. The summed E-state index contributed by atoms with van der Waals surface area (Å²) in [6.45, 7) is 3.21. The van der Waals surface area contributed by atoms with E-state index < -0.39 is 65.8 Å². The molecule has 36 heavy (non-hydrogen) atoms. The Balaban J connectivity index is 1.55. The second-order valence-electron chi connectivity index (χ2n) is 8.77. The molecule has 2 saturated heterocycles. The minimum Gasteiger partial charge on any atom is -0.467 e. The molecular formula is C23H27N3O10. The van der Waals surface area contributed by atoms with Crippen molar-refractivity contribution in [1.82, 2.24) is 14.9 Å². The Bertz CT molecular complexity index is 1210. The minimum atomic E-state index is -1.69. The van der Waals surface area contributed by atoms with Crippen LogP contribution in [0.5, 0.6) is 0 Å². The van der Waals surface area contributed by atoms with Crippen LogP contribution < -0.4 is 16.6 Å². The number of methoxy groups -OCH3 is 1. The van der Waals surface area contributed by atoms with Crippen molar-refractivity contribution >= 4 is 12.1 Å². The zero-order valence-electron chi connectivity index (χ0n) is 19.8. The number of alkyl carbamates (subject to hydrolysis) is 1. The van der Waals surface area contributed by atoms with E-state index in [1.165, 1.54) is 6.20 Å². The van der Waals surface area contributed by atoms with Crippen LogP contribution >= 0.6 is 0 Å². The Kier molecular flexibility index (Phi) is 7.26. The highest BCUT2D eigenvalue weighted by Crippen LogP contribution is 2.43. The number of hydrogen-bond acceptors (Lipinski definition) is 10. The van der Waals surface area contributed by atoms with Crippen LogP contribution in [0, 0.1) is 0 Å². The quantitative estimate of drug-likeness (QED) is 0.428. The summed E-state index contributed by atoms with van der Waals surface area (Å²) >= 11 is 0. The van der Waals surface area contributed by atoms with E-state index in [4.69, 9.17) is 23.7 Å². The Morgan fingerprint density at radius 3 is 2.53 bits per heavy atom. The van der Waals surface area contributed by atoms with E-state index in [0.717, 1.165) is 23.3 Å². The van der Waals surface area contributed by atoms with Crippen molar-refractivity contribution in [2.75, 3.05) is 7.11 Å².